The van der Waals surface area contributed by atoms with E-state index >= 15 is 0 Å². The van der Waals surface area contributed by atoms with Gasteiger partial charge in [-0.3, -0.25) is 9.59 Å². The van der Waals surface area contributed by atoms with Gasteiger partial charge in [-0.05, 0) is 32.8 Å². The van der Waals surface area contributed by atoms with Gasteiger partial charge in [0.1, 0.15) is 17.3 Å². The Morgan fingerprint density at radius 1 is 1.23 bits per heavy atom. The fourth-order valence-electron chi connectivity index (χ4n) is 4.08. The summed E-state index contributed by atoms with van der Waals surface area (Å²) in [6.45, 7) is 6.18. The van der Waals surface area contributed by atoms with Crippen LogP contribution in [0.5, 0.6) is 0 Å². The topological polar surface area (TPSA) is 94.9 Å². The lowest BCUT2D eigenvalue weighted by molar-refractivity contribution is -0.124. The summed E-state index contributed by atoms with van der Waals surface area (Å²) in [6.07, 6.45) is 2.89. The Hall–Kier alpha value is -3.42. The van der Waals surface area contributed by atoms with Crippen molar-refractivity contribution >= 4 is 27.7 Å². The van der Waals surface area contributed by atoms with Crippen LogP contribution >= 0.6 is 0 Å². The zero-order valence-electron chi connectivity index (χ0n) is 17.6. The number of carbonyl (C=O) groups excluding carboxylic acids is 1. The Bertz CT molecular complexity index is 1280. The lowest BCUT2D eigenvalue weighted by Crippen LogP contribution is -2.35. The largest absolute Gasteiger partial charge is 0.361 e. The minimum atomic E-state index is -0.507. The maximum atomic E-state index is 13.2. The second-order valence-corrected chi connectivity index (χ2v) is 7.49. The average molecular weight is 407 g/mol. The molecule has 0 aliphatic heterocycles. The van der Waals surface area contributed by atoms with Crippen LogP contribution in [0.25, 0.3) is 21.8 Å². The van der Waals surface area contributed by atoms with Crippen molar-refractivity contribution < 1.29 is 9.32 Å². The summed E-state index contributed by atoms with van der Waals surface area (Å²) < 4.78 is 8.36. The molecule has 4 aromatic rings. The van der Waals surface area contributed by atoms with Gasteiger partial charge in [0.05, 0.1) is 17.4 Å². The molecule has 4 rings (SSSR count). The molecule has 30 heavy (non-hydrogen) atoms. The fraction of sp³-hybridized carbons (Fsp3) is 0.364. The van der Waals surface area contributed by atoms with E-state index in [2.05, 4.69) is 15.6 Å². The second-order valence-electron chi connectivity index (χ2n) is 7.49. The number of aromatic nitrogens is 4. The zero-order chi connectivity index (χ0) is 21.4. The molecule has 1 N–H and O–H groups in total. The lowest BCUT2D eigenvalue weighted by Gasteiger charge is -2.19. The fourth-order valence-corrected chi connectivity index (χ4v) is 4.08. The van der Waals surface area contributed by atoms with Crippen molar-refractivity contribution in [2.45, 2.75) is 39.7 Å². The van der Waals surface area contributed by atoms with Crippen molar-refractivity contribution in [1.29, 1.82) is 0 Å². The maximum Gasteiger partial charge on any atom is 0.291 e. The number of aryl methyl sites for hydroxylation is 3. The van der Waals surface area contributed by atoms with Gasteiger partial charge in [-0.25, -0.2) is 4.68 Å². The summed E-state index contributed by atoms with van der Waals surface area (Å²) in [5.41, 5.74) is 2.99. The van der Waals surface area contributed by atoms with Crippen LogP contribution < -0.4 is 10.9 Å². The van der Waals surface area contributed by atoms with Gasteiger partial charge in [0.15, 0.2) is 0 Å². The van der Waals surface area contributed by atoms with Gasteiger partial charge < -0.3 is 14.4 Å². The molecule has 0 aliphatic rings. The molecule has 0 bridgehead atoms. The monoisotopic (exact) mass is 407 g/mol. The Kier molecular flexibility index (Phi) is 5.15. The highest BCUT2D eigenvalue weighted by Crippen LogP contribution is 2.30. The SMILES string of the molecule is CCC(C(=O)NCCc1c(C)noc1C)n1c2ccccc2c2cnn(C)c(=O)c21. The third-order valence-corrected chi connectivity index (χ3v) is 5.66. The first-order valence-corrected chi connectivity index (χ1v) is 10.1. The quantitative estimate of drug-likeness (QED) is 0.530. The van der Waals surface area contributed by atoms with Crippen LogP contribution in [0.15, 0.2) is 39.8 Å². The molecule has 0 saturated carbocycles. The number of carbonyl (C=O) groups is 1. The normalized spacial score (nSPS) is 12.5. The Balaban J connectivity index is 1.71. The Labute approximate surface area is 173 Å². The number of para-hydroxylation sites is 1. The predicted octanol–water partition coefficient (Wildman–Crippen LogP) is 2.80. The lowest BCUT2D eigenvalue weighted by atomic mass is 10.1. The number of nitrogens with zero attached hydrogens (tertiary/aromatic N) is 4. The molecular weight excluding hydrogens is 382 g/mol. The van der Waals surface area contributed by atoms with Gasteiger partial charge in [0, 0.05) is 29.9 Å². The van der Waals surface area contributed by atoms with Crippen LogP contribution in [0.4, 0.5) is 0 Å². The van der Waals surface area contributed by atoms with Crippen LogP contribution in [0.2, 0.25) is 0 Å². The second kappa shape index (κ2) is 7.78. The summed E-state index contributed by atoms with van der Waals surface area (Å²) >= 11 is 0. The molecule has 3 heterocycles. The molecule has 156 valence electrons. The van der Waals surface area contributed by atoms with Gasteiger partial charge in [-0.2, -0.15) is 5.10 Å². The van der Waals surface area contributed by atoms with Crippen molar-refractivity contribution in [2.24, 2.45) is 7.05 Å². The molecule has 0 spiro atoms. The highest BCUT2D eigenvalue weighted by Gasteiger charge is 2.25. The highest BCUT2D eigenvalue weighted by molar-refractivity contribution is 6.08. The van der Waals surface area contributed by atoms with E-state index in [0.29, 0.717) is 24.9 Å². The minimum absolute atomic E-state index is 0.120. The molecule has 1 unspecified atom stereocenters. The molecule has 1 amide bonds. The van der Waals surface area contributed by atoms with Crippen molar-refractivity contribution in [3.8, 4) is 0 Å². The standard InChI is InChI=1S/C22H25N5O3/c1-5-18(21(28)23-11-10-15-13(2)25-30-14(15)3)27-19-9-7-6-8-16(19)17-12-24-26(4)22(29)20(17)27/h6-9,12,18H,5,10-11H2,1-4H3,(H,23,28). The highest BCUT2D eigenvalue weighted by atomic mass is 16.5. The van der Waals surface area contributed by atoms with E-state index in [1.165, 1.54) is 4.68 Å². The number of hydrogen-bond acceptors (Lipinski definition) is 5. The third kappa shape index (κ3) is 3.18. The summed E-state index contributed by atoms with van der Waals surface area (Å²) in [7, 11) is 1.62. The van der Waals surface area contributed by atoms with Gasteiger partial charge >= 0.3 is 0 Å². The molecule has 3 aromatic heterocycles. The number of amides is 1. The van der Waals surface area contributed by atoms with E-state index < -0.39 is 6.04 Å². The van der Waals surface area contributed by atoms with Gasteiger partial charge in [0.25, 0.3) is 5.56 Å². The molecule has 0 fully saturated rings. The van der Waals surface area contributed by atoms with E-state index in [1.54, 1.807) is 13.2 Å². The first kappa shape index (κ1) is 19.9. The van der Waals surface area contributed by atoms with Crippen molar-refractivity contribution in [3.05, 3.63) is 57.8 Å². The third-order valence-electron chi connectivity index (χ3n) is 5.66. The molecule has 8 heteroatoms. The van der Waals surface area contributed by atoms with Crippen molar-refractivity contribution in [3.63, 3.8) is 0 Å². The summed E-state index contributed by atoms with van der Waals surface area (Å²) in [4.78, 5) is 26.1. The minimum Gasteiger partial charge on any atom is -0.361 e. The summed E-state index contributed by atoms with van der Waals surface area (Å²) in [5.74, 6) is 0.651. The number of rotatable bonds is 6. The first-order valence-electron chi connectivity index (χ1n) is 10.1. The zero-order valence-corrected chi connectivity index (χ0v) is 17.6. The number of benzene rings is 1. The van der Waals surface area contributed by atoms with E-state index in [9.17, 15) is 9.59 Å². The van der Waals surface area contributed by atoms with E-state index in [0.717, 1.165) is 33.3 Å². The molecule has 1 atom stereocenters. The van der Waals surface area contributed by atoms with Crippen molar-refractivity contribution in [2.75, 3.05) is 6.54 Å². The maximum absolute atomic E-state index is 13.2. The van der Waals surface area contributed by atoms with Gasteiger partial charge in [-0.15, -0.1) is 0 Å². The Morgan fingerprint density at radius 2 is 2.00 bits per heavy atom. The first-order chi connectivity index (χ1) is 14.4. The number of hydrogen-bond donors (Lipinski definition) is 1. The number of nitrogens with one attached hydrogen (secondary N) is 1. The van der Waals surface area contributed by atoms with Crippen LogP contribution in [0.3, 0.4) is 0 Å². The van der Waals surface area contributed by atoms with E-state index in [4.69, 9.17) is 4.52 Å². The average Bonchev–Trinajstić information content (AvgIpc) is 3.24. The molecule has 0 radical (unpaired) electrons. The Morgan fingerprint density at radius 3 is 2.70 bits per heavy atom. The molecule has 0 aliphatic carbocycles. The van der Waals surface area contributed by atoms with Crippen LogP contribution in [0.1, 0.15) is 36.4 Å². The molecule has 0 saturated heterocycles. The summed E-state index contributed by atoms with van der Waals surface area (Å²) in [6, 6.07) is 7.23. The number of fused-ring (bicyclic) bond motifs is 3. The smallest absolute Gasteiger partial charge is 0.291 e. The van der Waals surface area contributed by atoms with Crippen LogP contribution in [0, 0.1) is 13.8 Å². The molecule has 1 aromatic carbocycles. The van der Waals surface area contributed by atoms with E-state index in [-0.39, 0.29) is 11.5 Å². The predicted molar refractivity (Wildman–Crippen MR) is 114 cm³/mol. The van der Waals surface area contributed by atoms with Crippen molar-refractivity contribution in [1.82, 2.24) is 24.8 Å². The van der Waals surface area contributed by atoms with Crippen LogP contribution in [-0.4, -0.2) is 32.0 Å². The van der Waals surface area contributed by atoms with E-state index in [1.807, 2.05) is 49.6 Å². The van der Waals surface area contributed by atoms with Crippen LogP contribution in [-0.2, 0) is 18.3 Å². The van der Waals surface area contributed by atoms with Gasteiger partial charge in [-0.1, -0.05) is 30.3 Å². The van der Waals surface area contributed by atoms with Gasteiger partial charge in [0.2, 0.25) is 5.91 Å². The summed E-state index contributed by atoms with van der Waals surface area (Å²) in [5, 5.41) is 12.8. The molecule has 8 nitrogen and oxygen atoms in total. The molecular formula is C22H25N5O3.